The van der Waals surface area contributed by atoms with Crippen LogP contribution in [0.25, 0.3) is 0 Å². The number of nitrogens with one attached hydrogen (secondary N) is 1. The van der Waals surface area contributed by atoms with E-state index in [1.807, 2.05) is 0 Å². The van der Waals surface area contributed by atoms with Gasteiger partial charge in [-0.05, 0) is 30.3 Å². The fourth-order valence-electron chi connectivity index (χ4n) is 1.77. The number of ketones is 1. The van der Waals surface area contributed by atoms with E-state index < -0.39 is 24.2 Å². The molecule has 2 aromatic rings. The van der Waals surface area contributed by atoms with Crippen molar-refractivity contribution in [3.63, 3.8) is 0 Å². The summed E-state index contributed by atoms with van der Waals surface area (Å²) in [6, 6.07) is 6.83. The molecule has 5 nitrogen and oxygen atoms in total. The van der Waals surface area contributed by atoms with E-state index in [-0.39, 0.29) is 16.5 Å². The zero-order chi connectivity index (χ0) is 17.7. The summed E-state index contributed by atoms with van der Waals surface area (Å²) >= 11 is 6.79. The zero-order valence-electron chi connectivity index (χ0n) is 12.6. The molecular formula is C16H13ClFNO4S. The lowest BCUT2D eigenvalue weighted by Crippen LogP contribution is -2.18. The third-order valence-electron chi connectivity index (χ3n) is 2.93. The Bertz CT molecular complexity index is 790. The van der Waals surface area contributed by atoms with Crippen LogP contribution in [0.4, 0.5) is 4.39 Å². The van der Waals surface area contributed by atoms with E-state index in [2.05, 4.69) is 5.32 Å². The van der Waals surface area contributed by atoms with E-state index >= 15 is 0 Å². The van der Waals surface area contributed by atoms with E-state index in [1.165, 1.54) is 30.4 Å². The fraction of sp³-hybridized carbons (Fsp3) is 0.188. The number of thiophene rings is 1. The molecule has 0 aliphatic carbocycles. The summed E-state index contributed by atoms with van der Waals surface area (Å²) in [6.07, 6.45) is 0. The van der Waals surface area contributed by atoms with E-state index in [0.29, 0.717) is 11.4 Å². The van der Waals surface area contributed by atoms with Crippen LogP contribution in [0.15, 0.2) is 30.3 Å². The number of esters is 1. The van der Waals surface area contributed by atoms with Crippen LogP contribution in [-0.2, 0) is 16.1 Å². The molecule has 0 unspecified atom stereocenters. The summed E-state index contributed by atoms with van der Waals surface area (Å²) in [5, 5.41) is 2.78. The highest BCUT2D eigenvalue weighted by molar-refractivity contribution is 7.14. The standard InChI is InChI=1S/C16H13ClFNO4S/c1-9(20)19-7-11-3-5-15(24-11)14(21)8-23-16(22)12-4-2-10(17)6-13(12)18/h2-6H,7-8H2,1H3,(H,19,20). The van der Waals surface area contributed by atoms with Crippen LogP contribution in [0.2, 0.25) is 5.02 Å². The van der Waals surface area contributed by atoms with Crippen LogP contribution in [-0.4, -0.2) is 24.3 Å². The van der Waals surface area contributed by atoms with Gasteiger partial charge in [-0.1, -0.05) is 11.6 Å². The van der Waals surface area contributed by atoms with Crippen molar-refractivity contribution in [2.24, 2.45) is 0 Å². The summed E-state index contributed by atoms with van der Waals surface area (Å²) in [4.78, 5) is 35.8. The number of carbonyl (C=O) groups is 3. The number of halogens is 2. The molecule has 0 saturated carbocycles. The number of carbonyl (C=O) groups excluding carboxylic acids is 3. The summed E-state index contributed by atoms with van der Waals surface area (Å²) in [5.74, 6) is -2.33. The molecule has 0 spiro atoms. The lowest BCUT2D eigenvalue weighted by Gasteiger charge is -2.04. The molecule has 2 rings (SSSR count). The van der Waals surface area contributed by atoms with Gasteiger partial charge in [-0.15, -0.1) is 11.3 Å². The Morgan fingerprint density at radius 2 is 2.00 bits per heavy atom. The van der Waals surface area contributed by atoms with Crippen molar-refractivity contribution in [3.05, 3.63) is 56.5 Å². The Morgan fingerprint density at radius 3 is 2.67 bits per heavy atom. The average molecular weight is 370 g/mol. The topological polar surface area (TPSA) is 72.5 Å². The monoisotopic (exact) mass is 369 g/mol. The molecule has 0 saturated heterocycles. The normalized spacial score (nSPS) is 10.3. The van der Waals surface area contributed by atoms with Gasteiger partial charge in [0.1, 0.15) is 5.82 Å². The first-order valence-corrected chi connectivity index (χ1v) is 8.05. The second-order valence-electron chi connectivity index (χ2n) is 4.80. The number of benzene rings is 1. The van der Waals surface area contributed by atoms with E-state index in [0.717, 1.165) is 10.9 Å². The third kappa shape index (κ3) is 4.87. The van der Waals surface area contributed by atoms with Gasteiger partial charge in [0.05, 0.1) is 17.0 Å². The first-order valence-electron chi connectivity index (χ1n) is 6.85. The highest BCUT2D eigenvalue weighted by Crippen LogP contribution is 2.18. The molecule has 0 bridgehead atoms. The fourth-order valence-corrected chi connectivity index (χ4v) is 2.80. The molecular weight excluding hydrogens is 357 g/mol. The van der Waals surface area contributed by atoms with Crippen LogP contribution in [0.5, 0.6) is 0 Å². The first-order chi connectivity index (χ1) is 11.4. The van der Waals surface area contributed by atoms with Gasteiger partial charge in [0, 0.05) is 16.8 Å². The van der Waals surface area contributed by atoms with Crippen molar-refractivity contribution in [2.75, 3.05) is 6.61 Å². The smallest absolute Gasteiger partial charge is 0.341 e. The van der Waals surface area contributed by atoms with E-state index in [4.69, 9.17) is 16.3 Å². The quantitative estimate of drug-likeness (QED) is 0.627. The molecule has 1 amide bonds. The molecule has 0 radical (unpaired) electrons. The summed E-state index contributed by atoms with van der Waals surface area (Å²) in [7, 11) is 0. The minimum Gasteiger partial charge on any atom is -0.454 e. The van der Waals surface area contributed by atoms with Gasteiger partial charge in [0.25, 0.3) is 0 Å². The zero-order valence-corrected chi connectivity index (χ0v) is 14.2. The first kappa shape index (κ1) is 18.1. The van der Waals surface area contributed by atoms with E-state index in [9.17, 15) is 18.8 Å². The van der Waals surface area contributed by atoms with Crippen molar-refractivity contribution >= 4 is 40.6 Å². The Kier molecular flexibility index (Phi) is 6.05. The minimum atomic E-state index is -0.937. The highest BCUT2D eigenvalue weighted by Gasteiger charge is 2.17. The third-order valence-corrected chi connectivity index (χ3v) is 4.29. The Morgan fingerprint density at radius 1 is 1.25 bits per heavy atom. The number of ether oxygens (including phenoxy) is 1. The average Bonchev–Trinajstić information content (AvgIpc) is 2.99. The lowest BCUT2D eigenvalue weighted by atomic mass is 10.2. The maximum absolute atomic E-state index is 13.6. The van der Waals surface area contributed by atoms with Crippen LogP contribution in [0.1, 0.15) is 31.8 Å². The molecule has 1 aromatic heterocycles. The summed E-state index contributed by atoms with van der Waals surface area (Å²) in [6.45, 7) is 1.22. The van der Waals surface area contributed by atoms with Gasteiger partial charge < -0.3 is 10.1 Å². The number of amides is 1. The van der Waals surface area contributed by atoms with Gasteiger partial charge in [0.15, 0.2) is 6.61 Å². The maximum Gasteiger partial charge on any atom is 0.341 e. The summed E-state index contributed by atoms with van der Waals surface area (Å²) in [5.41, 5.74) is -0.287. The largest absolute Gasteiger partial charge is 0.454 e. The van der Waals surface area contributed by atoms with Crippen molar-refractivity contribution in [1.82, 2.24) is 5.32 Å². The molecule has 0 atom stereocenters. The molecule has 24 heavy (non-hydrogen) atoms. The molecule has 1 aromatic carbocycles. The van der Waals surface area contributed by atoms with Crippen LogP contribution < -0.4 is 5.32 Å². The van der Waals surface area contributed by atoms with Gasteiger partial charge >= 0.3 is 5.97 Å². The van der Waals surface area contributed by atoms with Crippen molar-refractivity contribution in [3.8, 4) is 0 Å². The van der Waals surface area contributed by atoms with Crippen LogP contribution in [0, 0.1) is 5.82 Å². The number of Topliss-reactive ketones (excluding diaryl/α,β-unsaturated/α-hetero) is 1. The lowest BCUT2D eigenvalue weighted by molar-refractivity contribution is -0.119. The summed E-state index contributed by atoms with van der Waals surface area (Å²) < 4.78 is 18.4. The minimum absolute atomic E-state index is 0.158. The predicted molar refractivity (Wildman–Crippen MR) is 87.9 cm³/mol. The predicted octanol–water partition coefficient (Wildman–Crippen LogP) is 3.22. The van der Waals surface area contributed by atoms with Crippen molar-refractivity contribution in [2.45, 2.75) is 13.5 Å². The van der Waals surface area contributed by atoms with E-state index in [1.54, 1.807) is 12.1 Å². The van der Waals surface area contributed by atoms with Crippen molar-refractivity contribution in [1.29, 1.82) is 0 Å². The number of rotatable bonds is 6. The number of hydrogen-bond donors (Lipinski definition) is 1. The van der Waals surface area contributed by atoms with Gasteiger partial charge in [-0.3, -0.25) is 9.59 Å². The molecule has 1 N–H and O–H groups in total. The second-order valence-corrected chi connectivity index (χ2v) is 6.40. The molecule has 126 valence electrons. The molecule has 0 aliphatic heterocycles. The molecule has 0 fully saturated rings. The van der Waals surface area contributed by atoms with Gasteiger partial charge in [-0.25, -0.2) is 9.18 Å². The second kappa shape index (κ2) is 8.03. The SMILES string of the molecule is CC(=O)NCc1ccc(C(=O)COC(=O)c2ccc(Cl)cc2F)s1. The Balaban J connectivity index is 1.93. The molecule has 8 heteroatoms. The molecule has 1 heterocycles. The van der Waals surface area contributed by atoms with Crippen LogP contribution in [0.3, 0.4) is 0 Å². The van der Waals surface area contributed by atoms with Crippen molar-refractivity contribution < 1.29 is 23.5 Å². The highest BCUT2D eigenvalue weighted by atomic mass is 35.5. The Hall–Kier alpha value is -2.25. The van der Waals surface area contributed by atoms with Crippen LogP contribution >= 0.6 is 22.9 Å². The molecule has 0 aliphatic rings. The van der Waals surface area contributed by atoms with Gasteiger partial charge in [-0.2, -0.15) is 0 Å². The number of hydrogen-bond acceptors (Lipinski definition) is 5. The maximum atomic E-state index is 13.6. The van der Waals surface area contributed by atoms with Gasteiger partial charge in [0.2, 0.25) is 11.7 Å². The Labute approximate surface area is 146 Å².